The molecule has 0 bridgehead atoms. The highest BCUT2D eigenvalue weighted by Gasteiger charge is 2.42. The van der Waals surface area contributed by atoms with Gasteiger partial charge in [0.2, 0.25) is 0 Å². The van der Waals surface area contributed by atoms with Gasteiger partial charge in [0.15, 0.2) is 5.96 Å². The molecular weight excluding hydrogens is 441 g/mol. The van der Waals surface area contributed by atoms with E-state index in [2.05, 4.69) is 17.1 Å². The van der Waals surface area contributed by atoms with Gasteiger partial charge in [-0.1, -0.05) is 18.2 Å². The fourth-order valence-corrected chi connectivity index (χ4v) is 3.62. The number of benzene rings is 1. The highest BCUT2D eigenvalue weighted by molar-refractivity contribution is 14.0. The van der Waals surface area contributed by atoms with Crippen molar-refractivity contribution in [1.82, 2.24) is 10.2 Å². The van der Waals surface area contributed by atoms with Gasteiger partial charge in [-0.05, 0) is 44.7 Å². The van der Waals surface area contributed by atoms with Gasteiger partial charge in [0.25, 0.3) is 0 Å². The lowest BCUT2D eigenvalue weighted by Crippen LogP contribution is -2.41. The van der Waals surface area contributed by atoms with E-state index in [-0.39, 0.29) is 24.0 Å². The van der Waals surface area contributed by atoms with Crippen LogP contribution in [0.5, 0.6) is 5.75 Å². The second kappa shape index (κ2) is 11.0. The van der Waals surface area contributed by atoms with Crippen LogP contribution in [0.3, 0.4) is 0 Å². The molecule has 1 unspecified atom stereocenters. The van der Waals surface area contributed by atoms with Crippen molar-refractivity contribution in [3.8, 4) is 5.75 Å². The summed E-state index contributed by atoms with van der Waals surface area (Å²) in [5.74, 6) is 2.01. The summed E-state index contributed by atoms with van der Waals surface area (Å²) in [5.41, 5.74) is 0.375. The zero-order valence-electron chi connectivity index (χ0n) is 15.8. The first kappa shape index (κ1) is 21.3. The number of para-hydroxylation sites is 1. The molecular formula is C20H32IN3O2. The summed E-state index contributed by atoms with van der Waals surface area (Å²) in [6, 6.07) is 10.00. The third-order valence-corrected chi connectivity index (χ3v) is 5.08. The third-order valence-electron chi connectivity index (χ3n) is 5.08. The van der Waals surface area contributed by atoms with Gasteiger partial charge in [0.05, 0.1) is 13.2 Å². The average molecular weight is 473 g/mol. The van der Waals surface area contributed by atoms with Crippen molar-refractivity contribution in [3.63, 3.8) is 0 Å². The average Bonchev–Trinajstić information content (AvgIpc) is 3.28. The second-order valence-electron chi connectivity index (χ2n) is 7.08. The number of rotatable bonds is 7. The number of aliphatic imine (C=N–C) groups is 1. The SMILES string of the molecule is CCNC(=NCCCCOc1ccccc1)N1CCC2(CCOC2)C1.I. The minimum Gasteiger partial charge on any atom is -0.494 e. The van der Waals surface area contributed by atoms with Crippen LogP contribution in [-0.2, 0) is 4.74 Å². The lowest BCUT2D eigenvalue weighted by Gasteiger charge is -2.25. The summed E-state index contributed by atoms with van der Waals surface area (Å²) in [5, 5.41) is 3.45. The van der Waals surface area contributed by atoms with Gasteiger partial charge in [-0.15, -0.1) is 24.0 Å². The molecule has 26 heavy (non-hydrogen) atoms. The van der Waals surface area contributed by atoms with Gasteiger partial charge >= 0.3 is 0 Å². The molecule has 0 aliphatic carbocycles. The van der Waals surface area contributed by atoms with Crippen molar-refractivity contribution in [1.29, 1.82) is 0 Å². The van der Waals surface area contributed by atoms with Crippen LogP contribution in [0, 0.1) is 5.41 Å². The first-order valence-corrected chi connectivity index (χ1v) is 9.60. The largest absolute Gasteiger partial charge is 0.494 e. The molecule has 2 heterocycles. The first-order valence-electron chi connectivity index (χ1n) is 9.60. The molecule has 3 rings (SSSR count). The normalized spacial score (nSPS) is 22.5. The van der Waals surface area contributed by atoms with Crippen LogP contribution in [0.2, 0.25) is 0 Å². The summed E-state index contributed by atoms with van der Waals surface area (Å²) in [7, 11) is 0. The Morgan fingerprint density at radius 2 is 2.12 bits per heavy atom. The second-order valence-corrected chi connectivity index (χ2v) is 7.08. The molecule has 2 aliphatic rings. The van der Waals surface area contributed by atoms with Crippen molar-refractivity contribution in [2.45, 2.75) is 32.6 Å². The number of ether oxygens (including phenoxy) is 2. The summed E-state index contributed by atoms with van der Waals surface area (Å²) in [6.07, 6.45) is 4.49. The van der Waals surface area contributed by atoms with E-state index >= 15 is 0 Å². The van der Waals surface area contributed by atoms with E-state index in [1.54, 1.807) is 0 Å². The molecule has 146 valence electrons. The van der Waals surface area contributed by atoms with Crippen LogP contribution < -0.4 is 10.1 Å². The van der Waals surface area contributed by atoms with Crippen molar-refractivity contribution >= 4 is 29.9 Å². The van der Waals surface area contributed by atoms with E-state index in [0.29, 0.717) is 5.41 Å². The van der Waals surface area contributed by atoms with Gasteiger partial charge < -0.3 is 19.7 Å². The van der Waals surface area contributed by atoms with E-state index < -0.39 is 0 Å². The molecule has 2 fully saturated rings. The summed E-state index contributed by atoms with van der Waals surface area (Å²) in [6.45, 7) is 8.65. The third kappa shape index (κ3) is 6.01. The predicted octanol–water partition coefficient (Wildman–Crippen LogP) is 3.54. The van der Waals surface area contributed by atoms with Crippen LogP contribution in [0.25, 0.3) is 0 Å². The van der Waals surface area contributed by atoms with Crippen LogP contribution >= 0.6 is 24.0 Å². The van der Waals surface area contributed by atoms with Crippen LogP contribution in [0.15, 0.2) is 35.3 Å². The maximum absolute atomic E-state index is 5.74. The zero-order chi connectivity index (χ0) is 17.4. The summed E-state index contributed by atoms with van der Waals surface area (Å²) in [4.78, 5) is 7.24. The minimum atomic E-state index is 0. The molecule has 2 saturated heterocycles. The fraction of sp³-hybridized carbons (Fsp3) is 0.650. The molecule has 5 nitrogen and oxygen atoms in total. The Balaban J connectivity index is 0.00000243. The number of likely N-dealkylation sites (tertiary alicyclic amines) is 1. The van der Waals surface area contributed by atoms with Gasteiger partial charge in [-0.2, -0.15) is 0 Å². The van der Waals surface area contributed by atoms with E-state index in [9.17, 15) is 0 Å². The Kier molecular flexibility index (Phi) is 8.98. The number of nitrogens with one attached hydrogen (secondary N) is 1. The Bertz CT molecular complexity index is 547. The predicted molar refractivity (Wildman–Crippen MR) is 117 cm³/mol. The highest BCUT2D eigenvalue weighted by Crippen LogP contribution is 2.38. The monoisotopic (exact) mass is 473 g/mol. The number of unbranched alkanes of at least 4 members (excludes halogenated alkanes) is 1. The Labute approximate surface area is 174 Å². The quantitative estimate of drug-likeness (QED) is 0.285. The first-order chi connectivity index (χ1) is 12.3. The lowest BCUT2D eigenvalue weighted by atomic mass is 9.87. The lowest BCUT2D eigenvalue weighted by molar-refractivity contribution is 0.156. The van der Waals surface area contributed by atoms with Crippen LogP contribution in [-0.4, -0.2) is 56.9 Å². The van der Waals surface area contributed by atoms with Gasteiger partial charge in [0.1, 0.15) is 5.75 Å². The molecule has 0 radical (unpaired) electrons. The van der Waals surface area contributed by atoms with Crippen LogP contribution in [0.1, 0.15) is 32.6 Å². The fourth-order valence-electron chi connectivity index (χ4n) is 3.62. The van der Waals surface area contributed by atoms with Gasteiger partial charge in [-0.25, -0.2) is 0 Å². The number of hydrogen-bond donors (Lipinski definition) is 1. The number of halogens is 1. The maximum Gasteiger partial charge on any atom is 0.193 e. The molecule has 0 amide bonds. The minimum absolute atomic E-state index is 0. The number of hydrogen-bond acceptors (Lipinski definition) is 3. The van der Waals surface area contributed by atoms with Crippen molar-refractivity contribution < 1.29 is 9.47 Å². The number of nitrogens with zero attached hydrogens (tertiary/aromatic N) is 2. The molecule has 1 atom stereocenters. The Morgan fingerprint density at radius 3 is 2.85 bits per heavy atom. The Morgan fingerprint density at radius 1 is 1.27 bits per heavy atom. The smallest absolute Gasteiger partial charge is 0.193 e. The zero-order valence-corrected chi connectivity index (χ0v) is 18.1. The highest BCUT2D eigenvalue weighted by atomic mass is 127. The van der Waals surface area contributed by atoms with E-state index in [4.69, 9.17) is 14.5 Å². The van der Waals surface area contributed by atoms with Gasteiger partial charge in [-0.3, -0.25) is 4.99 Å². The molecule has 0 saturated carbocycles. The van der Waals surface area contributed by atoms with E-state index in [1.165, 1.54) is 12.8 Å². The molecule has 1 N–H and O–H groups in total. The molecule has 1 aromatic rings. The number of guanidine groups is 1. The van der Waals surface area contributed by atoms with Crippen LogP contribution in [0.4, 0.5) is 0 Å². The molecule has 6 heteroatoms. The van der Waals surface area contributed by atoms with Crippen molar-refractivity contribution in [2.24, 2.45) is 10.4 Å². The molecule has 2 aliphatic heterocycles. The summed E-state index contributed by atoms with van der Waals surface area (Å²) < 4.78 is 11.4. The molecule has 1 aromatic carbocycles. The topological polar surface area (TPSA) is 46.1 Å². The standard InChI is InChI=1S/C20H31N3O2.HI/c1-2-21-19(23-13-10-20(16-23)11-15-24-17-20)22-12-6-7-14-25-18-8-4-3-5-9-18;/h3-5,8-9H,2,6-7,10-17H2,1H3,(H,21,22);1H. The molecule has 0 aromatic heterocycles. The van der Waals surface area contributed by atoms with E-state index in [1.807, 2.05) is 30.3 Å². The van der Waals surface area contributed by atoms with Gasteiger partial charge in [0, 0.05) is 38.2 Å². The van der Waals surface area contributed by atoms with Crippen molar-refractivity contribution in [2.75, 3.05) is 46.0 Å². The molecule has 1 spiro atoms. The maximum atomic E-state index is 5.74. The Hall–Kier alpha value is -1.02. The van der Waals surface area contributed by atoms with E-state index in [0.717, 1.165) is 70.6 Å². The van der Waals surface area contributed by atoms with Crippen molar-refractivity contribution in [3.05, 3.63) is 30.3 Å². The summed E-state index contributed by atoms with van der Waals surface area (Å²) >= 11 is 0.